The number of carbonyl (C=O) groups excluding carboxylic acids is 1. The molecule has 0 aliphatic carbocycles. The summed E-state index contributed by atoms with van der Waals surface area (Å²) >= 11 is 1.44. The van der Waals surface area contributed by atoms with Gasteiger partial charge < -0.3 is 14.8 Å². The largest absolute Gasteiger partial charge is 0.493 e. The van der Waals surface area contributed by atoms with Crippen LogP contribution in [0.1, 0.15) is 25.8 Å². The second kappa shape index (κ2) is 11.4. The smallest absolute Gasteiger partial charge is 0.240 e. The number of ether oxygens (including phenoxy) is 2. The topological polar surface area (TPSA) is 93.7 Å². The Labute approximate surface area is 189 Å². The van der Waals surface area contributed by atoms with Gasteiger partial charge >= 0.3 is 0 Å². The number of anilines is 1. The van der Waals surface area contributed by atoms with Gasteiger partial charge in [-0.25, -0.2) is 13.1 Å². The van der Waals surface area contributed by atoms with Crippen molar-refractivity contribution in [1.29, 1.82) is 0 Å². The molecule has 0 bridgehead atoms. The molecule has 0 heterocycles. The van der Waals surface area contributed by atoms with Crippen molar-refractivity contribution < 1.29 is 22.7 Å². The van der Waals surface area contributed by atoms with E-state index in [0.29, 0.717) is 30.0 Å². The highest BCUT2D eigenvalue weighted by Gasteiger charge is 2.17. The Morgan fingerprint density at radius 3 is 2.39 bits per heavy atom. The Morgan fingerprint density at radius 1 is 1.06 bits per heavy atom. The van der Waals surface area contributed by atoms with E-state index >= 15 is 0 Å². The standard InChI is InChI=1S/C22H30N2O5S2/c1-15(2)22(25)24-18-14-17(9-11-21(18)30-5)31(26,27)23-12-6-7-16-8-10-19(28-3)20(13-16)29-4/h8-11,13-15,23H,6-7,12H2,1-5H3,(H,24,25). The van der Waals surface area contributed by atoms with Crippen molar-refractivity contribution in [3.8, 4) is 11.5 Å². The highest BCUT2D eigenvalue weighted by molar-refractivity contribution is 7.98. The van der Waals surface area contributed by atoms with Gasteiger partial charge in [-0.15, -0.1) is 11.8 Å². The molecule has 0 saturated heterocycles. The summed E-state index contributed by atoms with van der Waals surface area (Å²) in [5.74, 6) is 0.934. The quantitative estimate of drug-likeness (QED) is 0.385. The van der Waals surface area contributed by atoms with Crippen molar-refractivity contribution in [2.45, 2.75) is 36.5 Å². The second-order valence-electron chi connectivity index (χ2n) is 7.20. The summed E-state index contributed by atoms with van der Waals surface area (Å²) in [6, 6.07) is 10.4. The first-order valence-corrected chi connectivity index (χ1v) is 12.6. The molecule has 2 N–H and O–H groups in total. The lowest BCUT2D eigenvalue weighted by atomic mass is 10.1. The Kier molecular flexibility index (Phi) is 9.21. The average molecular weight is 467 g/mol. The van der Waals surface area contributed by atoms with Gasteiger partial charge in [0.2, 0.25) is 15.9 Å². The molecule has 2 rings (SSSR count). The number of carbonyl (C=O) groups is 1. The van der Waals surface area contributed by atoms with Crippen LogP contribution < -0.4 is 19.5 Å². The van der Waals surface area contributed by atoms with Crippen molar-refractivity contribution in [3.63, 3.8) is 0 Å². The van der Waals surface area contributed by atoms with E-state index in [1.54, 1.807) is 40.2 Å². The molecule has 0 spiro atoms. The van der Waals surface area contributed by atoms with Crippen LogP contribution in [-0.4, -0.2) is 41.3 Å². The molecule has 0 aliphatic heterocycles. The van der Waals surface area contributed by atoms with Crippen LogP contribution in [0, 0.1) is 5.92 Å². The lowest BCUT2D eigenvalue weighted by molar-refractivity contribution is -0.118. The maximum absolute atomic E-state index is 12.7. The van der Waals surface area contributed by atoms with E-state index in [4.69, 9.17) is 9.47 Å². The molecule has 2 aromatic carbocycles. The minimum absolute atomic E-state index is 0.121. The zero-order valence-corrected chi connectivity index (χ0v) is 20.2. The van der Waals surface area contributed by atoms with Crippen molar-refractivity contribution in [3.05, 3.63) is 42.0 Å². The number of benzene rings is 2. The minimum atomic E-state index is -3.70. The van der Waals surface area contributed by atoms with Gasteiger partial charge in [0.25, 0.3) is 0 Å². The monoisotopic (exact) mass is 466 g/mol. The Bertz CT molecular complexity index is 1010. The Hall–Kier alpha value is -2.23. The fraction of sp³-hybridized carbons (Fsp3) is 0.409. The number of hydrogen-bond acceptors (Lipinski definition) is 6. The first-order chi connectivity index (χ1) is 14.7. The average Bonchev–Trinajstić information content (AvgIpc) is 2.76. The molecular formula is C22H30N2O5S2. The van der Waals surface area contributed by atoms with Crippen LogP contribution in [0.5, 0.6) is 11.5 Å². The van der Waals surface area contributed by atoms with Gasteiger partial charge in [-0.05, 0) is 55.0 Å². The Balaban J connectivity index is 2.03. The fourth-order valence-corrected chi connectivity index (χ4v) is 4.48. The number of thioether (sulfide) groups is 1. The number of methoxy groups -OCH3 is 2. The molecule has 170 valence electrons. The lowest BCUT2D eigenvalue weighted by Gasteiger charge is -2.14. The summed E-state index contributed by atoms with van der Waals surface area (Å²) < 4.78 is 38.6. The van der Waals surface area contributed by atoms with E-state index in [0.717, 1.165) is 10.5 Å². The molecule has 0 fully saturated rings. The molecule has 0 saturated carbocycles. The molecule has 2 aromatic rings. The van der Waals surface area contributed by atoms with Crippen LogP contribution in [0.4, 0.5) is 5.69 Å². The van der Waals surface area contributed by atoms with Crippen molar-refractivity contribution in [2.24, 2.45) is 5.92 Å². The maximum Gasteiger partial charge on any atom is 0.240 e. The van der Waals surface area contributed by atoms with Gasteiger partial charge in [-0.1, -0.05) is 19.9 Å². The summed E-state index contributed by atoms with van der Waals surface area (Å²) in [7, 11) is -0.537. The highest BCUT2D eigenvalue weighted by atomic mass is 32.2. The van der Waals surface area contributed by atoms with Crippen LogP contribution in [0.2, 0.25) is 0 Å². The van der Waals surface area contributed by atoms with E-state index in [2.05, 4.69) is 10.0 Å². The van der Waals surface area contributed by atoms with Crippen molar-refractivity contribution >= 4 is 33.4 Å². The van der Waals surface area contributed by atoms with E-state index in [1.165, 1.54) is 17.8 Å². The number of aryl methyl sites for hydroxylation is 1. The normalized spacial score (nSPS) is 11.4. The predicted octanol–water partition coefficient (Wildman–Crippen LogP) is 3.93. The van der Waals surface area contributed by atoms with Gasteiger partial charge in [-0.3, -0.25) is 4.79 Å². The van der Waals surface area contributed by atoms with E-state index in [9.17, 15) is 13.2 Å². The van der Waals surface area contributed by atoms with Gasteiger partial charge in [0.15, 0.2) is 11.5 Å². The molecule has 0 radical (unpaired) electrons. The van der Waals surface area contributed by atoms with Gasteiger partial charge in [0, 0.05) is 17.4 Å². The van der Waals surface area contributed by atoms with Crippen molar-refractivity contribution in [1.82, 2.24) is 4.72 Å². The highest BCUT2D eigenvalue weighted by Crippen LogP contribution is 2.29. The van der Waals surface area contributed by atoms with Gasteiger partial charge in [0.1, 0.15) is 0 Å². The van der Waals surface area contributed by atoms with Crippen LogP contribution in [0.15, 0.2) is 46.2 Å². The Morgan fingerprint density at radius 2 is 1.77 bits per heavy atom. The first kappa shape index (κ1) is 25.0. The van der Waals surface area contributed by atoms with Crippen LogP contribution in [-0.2, 0) is 21.2 Å². The summed E-state index contributed by atoms with van der Waals surface area (Å²) in [4.78, 5) is 13.0. The zero-order valence-electron chi connectivity index (χ0n) is 18.5. The summed E-state index contributed by atoms with van der Waals surface area (Å²) in [5, 5.41) is 2.81. The molecule has 1 amide bonds. The SMILES string of the molecule is COc1ccc(CCCNS(=O)(=O)c2ccc(SC)c(NC(=O)C(C)C)c2)cc1OC. The predicted molar refractivity (Wildman–Crippen MR) is 125 cm³/mol. The van der Waals surface area contributed by atoms with Crippen LogP contribution in [0.3, 0.4) is 0 Å². The molecule has 0 unspecified atom stereocenters. The fourth-order valence-electron chi connectivity index (χ4n) is 2.85. The zero-order chi connectivity index (χ0) is 23.0. The molecular weight excluding hydrogens is 436 g/mol. The molecule has 31 heavy (non-hydrogen) atoms. The number of amides is 1. The molecule has 0 atom stereocenters. The third-order valence-electron chi connectivity index (χ3n) is 4.65. The number of hydrogen-bond donors (Lipinski definition) is 2. The molecule has 7 nitrogen and oxygen atoms in total. The number of sulfonamides is 1. The van der Waals surface area contributed by atoms with E-state index in [-0.39, 0.29) is 23.3 Å². The summed E-state index contributed by atoms with van der Waals surface area (Å²) in [6.07, 6.45) is 3.18. The summed E-state index contributed by atoms with van der Waals surface area (Å²) in [6.45, 7) is 3.86. The molecule has 0 aliphatic rings. The van der Waals surface area contributed by atoms with Crippen LogP contribution in [0.25, 0.3) is 0 Å². The second-order valence-corrected chi connectivity index (χ2v) is 9.81. The van der Waals surface area contributed by atoms with Gasteiger partial charge in [0.05, 0.1) is 24.8 Å². The van der Waals surface area contributed by atoms with Crippen LogP contribution >= 0.6 is 11.8 Å². The van der Waals surface area contributed by atoms with Gasteiger partial charge in [-0.2, -0.15) is 0 Å². The first-order valence-electron chi connectivity index (χ1n) is 9.91. The van der Waals surface area contributed by atoms with Crippen molar-refractivity contribution in [2.75, 3.05) is 32.3 Å². The number of rotatable bonds is 11. The minimum Gasteiger partial charge on any atom is -0.493 e. The lowest BCUT2D eigenvalue weighted by Crippen LogP contribution is -2.25. The molecule has 9 heteroatoms. The van der Waals surface area contributed by atoms with E-state index in [1.807, 2.05) is 24.5 Å². The summed E-state index contributed by atoms with van der Waals surface area (Å²) in [5.41, 5.74) is 1.53. The molecule has 0 aromatic heterocycles. The third kappa shape index (κ3) is 6.88. The van der Waals surface area contributed by atoms with E-state index < -0.39 is 10.0 Å². The maximum atomic E-state index is 12.7. The third-order valence-corrected chi connectivity index (χ3v) is 6.90. The number of nitrogens with one attached hydrogen (secondary N) is 2.